The van der Waals surface area contributed by atoms with Gasteiger partial charge in [-0.05, 0) is 55.0 Å². The number of hydrogen-bond donors (Lipinski definition) is 1. The molecule has 0 saturated carbocycles. The third-order valence-electron chi connectivity index (χ3n) is 4.67. The summed E-state index contributed by atoms with van der Waals surface area (Å²) >= 11 is 6.16. The van der Waals surface area contributed by atoms with Gasteiger partial charge >= 0.3 is 0 Å². The first-order valence-corrected chi connectivity index (χ1v) is 11.4. The molecule has 0 heterocycles. The average molecular weight is 459 g/mol. The van der Waals surface area contributed by atoms with Crippen LogP contribution in [-0.4, -0.2) is 32.7 Å². The molecule has 0 aliphatic heterocycles. The van der Waals surface area contributed by atoms with Crippen molar-refractivity contribution in [2.45, 2.75) is 17.9 Å². The maximum Gasteiger partial charge on any atom is 0.253 e. The molecule has 1 atom stereocenters. The lowest BCUT2D eigenvalue weighted by atomic mass is 10.1. The van der Waals surface area contributed by atoms with E-state index < -0.39 is 15.9 Å². The summed E-state index contributed by atoms with van der Waals surface area (Å²) in [6.45, 7) is 1.83. The lowest BCUT2D eigenvalue weighted by Crippen LogP contribution is -2.27. The van der Waals surface area contributed by atoms with Crippen LogP contribution < -0.4 is 10.1 Å². The van der Waals surface area contributed by atoms with E-state index in [4.69, 9.17) is 16.3 Å². The molecule has 6 nitrogen and oxygen atoms in total. The van der Waals surface area contributed by atoms with E-state index in [-0.39, 0.29) is 21.5 Å². The lowest BCUT2D eigenvalue weighted by Gasteiger charge is -2.17. The van der Waals surface area contributed by atoms with Crippen LogP contribution in [0.1, 0.15) is 28.9 Å². The molecule has 162 valence electrons. The van der Waals surface area contributed by atoms with E-state index in [1.807, 2.05) is 61.5 Å². The minimum absolute atomic E-state index is 0.00196. The summed E-state index contributed by atoms with van der Waals surface area (Å²) in [6, 6.07) is 20.5. The smallest absolute Gasteiger partial charge is 0.253 e. The molecule has 1 unspecified atom stereocenters. The van der Waals surface area contributed by atoms with Crippen molar-refractivity contribution in [3.8, 4) is 11.5 Å². The van der Waals surface area contributed by atoms with E-state index in [0.29, 0.717) is 5.75 Å². The number of halogens is 1. The molecule has 8 heteroatoms. The van der Waals surface area contributed by atoms with Gasteiger partial charge in [0, 0.05) is 14.1 Å². The number of sulfonamides is 1. The van der Waals surface area contributed by atoms with Gasteiger partial charge in [-0.25, -0.2) is 12.7 Å². The van der Waals surface area contributed by atoms with Gasteiger partial charge in [-0.3, -0.25) is 4.79 Å². The Bertz CT molecular complexity index is 1160. The molecule has 0 saturated heterocycles. The fraction of sp³-hybridized carbons (Fsp3) is 0.174. The van der Waals surface area contributed by atoms with Crippen LogP contribution in [-0.2, 0) is 10.0 Å². The van der Waals surface area contributed by atoms with Crippen LogP contribution >= 0.6 is 11.6 Å². The Hall–Kier alpha value is -2.87. The summed E-state index contributed by atoms with van der Waals surface area (Å²) in [5.41, 5.74) is 0.961. The van der Waals surface area contributed by atoms with Gasteiger partial charge in [-0.1, -0.05) is 41.9 Å². The zero-order chi connectivity index (χ0) is 22.6. The number of carbonyl (C=O) groups is 1. The van der Waals surface area contributed by atoms with Gasteiger partial charge in [0.15, 0.2) is 0 Å². The molecule has 0 aliphatic carbocycles. The van der Waals surface area contributed by atoms with Crippen molar-refractivity contribution >= 4 is 27.5 Å². The Morgan fingerprint density at radius 1 is 0.968 bits per heavy atom. The van der Waals surface area contributed by atoms with Crippen LogP contribution in [0.2, 0.25) is 5.02 Å². The van der Waals surface area contributed by atoms with Crippen molar-refractivity contribution in [1.29, 1.82) is 0 Å². The predicted molar refractivity (Wildman–Crippen MR) is 121 cm³/mol. The lowest BCUT2D eigenvalue weighted by molar-refractivity contribution is 0.0940. The first kappa shape index (κ1) is 22.8. The first-order chi connectivity index (χ1) is 14.7. The second-order valence-electron chi connectivity index (χ2n) is 7.11. The fourth-order valence-electron chi connectivity index (χ4n) is 2.86. The molecule has 0 bridgehead atoms. The van der Waals surface area contributed by atoms with Crippen molar-refractivity contribution < 1.29 is 17.9 Å². The highest BCUT2D eigenvalue weighted by atomic mass is 35.5. The number of para-hydroxylation sites is 1. The van der Waals surface area contributed by atoms with Crippen LogP contribution in [0, 0.1) is 0 Å². The number of rotatable bonds is 7. The Morgan fingerprint density at radius 2 is 1.58 bits per heavy atom. The SMILES string of the molecule is CC(NC(=O)c1cc(S(=O)(=O)N(C)C)ccc1Cl)c1ccc(Oc2ccccc2)cc1. The molecular formula is C23H23ClN2O4S. The summed E-state index contributed by atoms with van der Waals surface area (Å²) in [6.07, 6.45) is 0. The third kappa shape index (κ3) is 5.44. The van der Waals surface area contributed by atoms with Gasteiger partial charge in [0.1, 0.15) is 11.5 Å². The largest absolute Gasteiger partial charge is 0.457 e. The van der Waals surface area contributed by atoms with Crippen LogP contribution in [0.25, 0.3) is 0 Å². The highest BCUT2D eigenvalue weighted by Crippen LogP contribution is 2.25. The molecule has 0 spiro atoms. The molecule has 0 aromatic heterocycles. The summed E-state index contributed by atoms with van der Waals surface area (Å²) in [7, 11) is -0.825. The second-order valence-corrected chi connectivity index (χ2v) is 9.67. The van der Waals surface area contributed by atoms with E-state index >= 15 is 0 Å². The maximum absolute atomic E-state index is 12.8. The third-order valence-corrected chi connectivity index (χ3v) is 6.81. The monoisotopic (exact) mass is 458 g/mol. The van der Waals surface area contributed by atoms with Gasteiger partial charge in [-0.2, -0.15) is 0 Å². The summed E-state index contributed by atoms with van der Waals surface area (Å²) in [5.74, 6) is 0.954. The van der Waals surface area contributed by atoms with E-state index in [0.717, 1.165) is 15.6 Å². The first-order valence-electron chi connectivity index (χ1n) is 9.54. The topological polar surface area (TPSA) is 75.7 Å². The molecule has 1 amide bonds. The van der Waals surface area contributed by atoms with E-state index in [1.165, 1.54) is 32.3 Å². The van der Waals surface area contributed by atoms with Gasteiger partial charge in [0.2, 0.25) is 10.0 Å². The molecule has 31 heavy (non-hydrogen) atoms. The van der Waals surface area contributed by atoms with E-state index in [1.54, 1.807) is 0 Å². The molecule has 1 N–H and O–H groups in total. The minimum atomic E-state index is -3.68. The van der Waals surface area contributed by atoms with Gasteiger partial charge in [0.25, 0.3) is 5.91 Å². The molecule has 0 fully saturated rings. The maximum atomic E-state index is 12.8. The standard InChI is InChI=1S/C23H23ClN2O4S/c1-16(17-9-11-19(12-10-17)30-18-7-5-4-6-8-18)25-23(27)21-15-20(13-14-22(21)24)31(28,29)26(2)3/h4-16H,1-3H3,(H,25,27). The highest BCUT2D eigenvalue weighted by molar-refractivity contribution is 7.89. The minimum Gasteiger partial charge on any atom is -0.457 e. The molecule has 3 aromatic rings. The molecule has 3 rings (SSSR count). The van der Waals surface area contributed by atoms with Gasteiger partial charge < -0.3 is 10.1 Å². The number of amides is 1. The van der Waals surface area contributed by atoms with Crippen LogP contribution in [0.15, 0.2) is 77.7 Å². The Balaban J connectivity index is 1.73. The number of hydrogen-bond acceptors (Lipinski definition) is 4. The van der Waals surface area contributed by atoms with Crippen LogP contribution in [0.4, 0.5) is 0 Å². The summed E-state index contributed by atoms with van der Waals surface area (Å²) < 4.78 is 31.6. The Kier molecular flexibility index (Phi) is 7.00. The fourth-order valence-corrected chi connectivity index (χ4v) is 3.99. The quantitative estimate of drug-likeness (QED) is 0.547. The second kappa shape index (κ2) is 9.51. The van der Waals surface area contributed by atoms with E-state index in [9.17, 15) is 13.2 Å². The average Bonchev–Trinajstić information content (AvgIpc) is 2.75. The Morgan fingerprint density at radius 3 is 2.19 bits per heavy atom. The van der Waals surface area contributed by atoms with Gasteiger partial charge in [0.05, 0.1) is 21.5 Å². The number of nitrogens with one attached hydrogen (secondary N) is 1. The number of nitrogens with zero attached hydrogens (tertiary/aromatic N) is 1. The highest BCUT2D eigenvalue weighted by Gasteiger charge is 2.21. The number of ether oxygens (including phenoxy) is 1. The Labute approximate surface area is 187 Å². The van der Waals surface area contributed by atoms with Crippen molar-refractivity contribution in [1.82, 2.24) is 9.62 Å². The van der Waals surface area contributed by atoms with Crippen molar-refractivity contribution in [2.75, 3.05) is 14.1 Å². The normalized spacial score (nSPS) is 12.4. The number of benzene rings is 3. The van der Waals surface area contributed by atoms with Crippen molar-refractivity contribution in [3.05, 3.63) is 88.9 Å². The summed E-state index contributed by atoms with van der Waals surface area (Å²) in [5, 5.41) is 3.03. The van der Waals surface area contributed by atoms with Gasteiger partial charge in [-0.15, -0.1) is 0 Å². The molecule has 0 radical (unpaired) electrons. The zero-order valence-electron chi connectivity index (χ0n) is 17.4. The van der Waals surface area contributed by atoms with Crippen molar-refractivity contribution in [3.63, 3.8) is 0 Å². The van der Waals surface area contributed by atoms with Crippen LogP contribution in [0.3, 0.4) is 0 Å². The molecule has 3 aromatic carbocycles. The van der Waals surface area contributed by atoms with Crippen molar-refractivity contribution in [2.24, 2.45) is 0 Å². The number of carbonyl (C=O) groups excluding carboxylic acids is 1. The molecular weight excluding hydrogens is 436 g/mol. The van der Waals surface area contributed by atoms with E-state index in [2.05, 4.69) is 5.32 Å². The summed E-state index contributed by atoms with van der Waals surface area (Å²) in [4.78, 5) is 12.8. The predicted octanol–water partition coefficient (Wildman–Crippen LogP) is 4.87. The molecule has 0 aliphatic rings. The zero-order valence-corrected chi connectivity index (χ0v) is 18.9. The van der Waals surface area contributed by atoms with Crippen LogP contribution in [0.5, 0.6) is 11.5 Å².